The number of aromatic nitrogens is 1. The van der Waals surface area contributed by atoms with Crippen LogP contribution >= 0.6 is 0 Å². The van der Waals surface area contributed by atoms with E-state index in [4.69, 9.17) is 4.52 Å². The predicted molar refractivity (Wildman–Crippen MR) is 84.4 cm³/mol. The van der Waals surface area contributed by atoms with Crippen LogP contribution in [0.1, 0.15) is 55.7 Å². The van der Waals surface area contributed by atoms with Crippen LogP contribution in [0.5, 0.6) is 0 Å². The van der Waals surface area contributed by atoms with E-state index in [1.165, 1.54) is 12.1 Å². The van der Waals surface area contributed by atoms with E-state index in [1.807, 2.05) is 11.0 Å². The van der Waals surface area contributed by atoms with Crippen molar-refractivity contribution in [1.82, 2.24) is 10.1 Å². The van der Waals surface area contributed by atoms with Crippen molar-refractivity contribution in [3.05, 3.63) is 53.2 Å². The molecule has 5 heteroatoms. The average Bonchev–Trinajstić information content (AvgIpc) is 3.17. The van der Waals surface area contributed by atoms with Gasteiger partial charge < -0.3 is 9.42 Å². The fraction of sp³-hybridized carbons (Fsp3) is 0.444. The molecule has 0 N–H and O–H groups in total. The molecular weight excluding hydrogens is 295 g/mol. The van der Waals surface area contributed by atoms with Crippen molar-refractivity contribution in [3.63, 3.8) is 0 Å². The summed E-state index contributed by atoms with van der Waals surface area (Å²) in [7, 11) is 0. The van der Waals surface area contributed by atoms with Crippen LogP contribution < -0.4 is 0 Å². The van der Waals surface area contributed by atoms with Gasteiger partial charge in [0.25, 0.3) is 0 Å². The second kappa shape index (κ2) is 6.52. The lowest BCUT2D eigenvalue weighted by molar-refractivity contribution is -0.131. The Labute approximate surface area is 135 Å². The van der Waals surface area contributed by atoms with Crippen LogP contribution in [0, 0.1) is 5.82 Å². The number of nitrogens with zero attached hydrogens (tertiary/aromatic N) is 2. The van der Waals surface area contributed by atoms with Crippen LogP contribution in [-0.4, -0.2) is 22.5 Å². The minimum absolute atomic E-state index is 0.0389. The second-order valence-corrected chi connectivity index (χ2v) is 6.36. The summed E-state index contributed by atoms with van der Waals surface area (Å²) in [6.45, 7) is 4.85. The highest BCUT2D eigenvalue weighted by molar-refractivity contribution is 5.79. The first kappa shape index (κ1) is 15.7. The monoisotopic (exact) mass is 316 g/mol. The molecule has 0 spiro atoms. The zero-order valence-corrected chi connectivity index (χ0v) is 13.5. The van der Waals surface area contributed by atoms with Gasteiger partial charge in [-0.1, -0.05) is 31.1 Å². The van der Waals surface area contributed by atoms with Gasteiger partial charge in [-0.3, -0.25) is 4.79 Å². The maximum atomic E-state index is 13.0. The number of benzene rings is 1. The van der Waals surface area contributed by atoms with E-state index in [0.29, 0.717) is 5.92 Å². The molecule has 1 saturated heterocycles. The fourth-order valence-corrected chi connectivity index (χ4v) is 2.97. The fourth-order valence-electron chi connectivity index (χ4n) is 2.97. The molecular formula is C18H21FN2O2. The van der Waals surface area contributed by atoms with E-state index in [0.717, 1.165) is 36.4 Å². The van der Waals surface area contributed by atoms with Gasteiger partial charge in [-0.05, 0) is 36.5 Å². The average molecular weight is 316 g/mol. The maximum absolute atomic E-state index is 13.0. The van der Waals surface area contributed by atoms with Crippen molar-refractivity contribution in [2.75, 3.05) is 6.54 Å². The molecule has 1 aromatic carbocycles. The molecule has 2 aromatic rings. The zero-order valence-electron chi connectivity index (χ0n) is 13.5. The van der Waals surface area contributed by atoms with E-state index < -0.39 is 0 Å². The van der Waals surface area contributed by atoms with Crippen LogP contribution in [0.3, 0.4) is 0 Å². The van der Waals surface area contributed by atoms with E-state index in [1.54, 1.807) is 12.1 Å². The molecule has 0 bridgehead atoms. The molecule has 1 aromatic heterocycles. The van der Waals surface area contributed by atoms with Crippen LogP contribution in [0.2, 0.25) is 0 Å². The molecule has 2 heterocycles. The van der Waals surface area contributed by atoms with Crippen molar-refractivity contribution in [2.24, 2.45) is 0 Å². The summed E-state index contributed by atoms with van der Waals surface area (Å²) >= 11 is 0. The van der Waals surface area contributed by atoms with Gasteiger partial charge >= 0.3 is 0 Å². The lowest BCUT2D eigenvalue weighted by atomic mass is 10.1. The number of rotatable bonds is 4. The number of hydrogen-bond donors (Lipinski definition) is 0. The van der Waals surface area contributed by atoms with Gasteiger partial charge in [0.1, 0.15) is 5.82 Å². The topological polar surface area (TPSA) is 46.3 Å². The summed E-state index contributed by atoms with van der Waals surface area (Å²) in [5, 5.41) is 4.09. The molecule has 1 amide bonds. The quantitative estimate of drug-likeness (QED) is 0.861. The molecule has 1 aliphatic rings. The number of carbonyl (C=O) groups excluding carboxylic acids is 1. The number of hydrogen-bond acceptors (Lipinski definition) is 3. The maximum Gasteiger partial charge on any atom is 0.227 e. The highest BCUT2D eigenvalue weighted by atomic mass is 19.1. The number of halogens is 1. The van der Waals surface area contributed by atoms with E-state index in [2.05, 4.69) is 19.0 Å². The zero-order chi connectivity index (χ0) is 16.4. The third kappa shape index (κ3) is 3.44. The van der Waals surface area contributed by atoms with Gasteiger partial charge in [0, 0.05) is 12.6 Å². The van der Waals surface area contributed by atoms with Crippen LogP contribution in [0.15, 0.2) is 34.9 Å². The van der Waals surface area contributed by atoms with Gasteiger partial charge in [-0.2, -0.15) is 0 Å². The van der Waals surface area contributed by atoms with Gasteiger partial charge in [0.05, 0.1) is 18.2 Å². The number of carbonyl (C=O) groups is 1. The van der Waals surface area contributed by atoms with Crippen molar-refractivity contribution in [2.45, 2.75) is 45.1 Å². The molecule has 0 saturated carbocycles. The lowest BCUT2D eigenvalue weighted by Gasteiger charge is -2.22. The molecule has 23 heavy (non-hydrogen) atoms. The Hall–Kier alpha value is -2.17. The molecule has 0 unspecified atom stereocenters. The summed E-state index contributed by atoms with van der Waals surface area (Å²) in [4.78, 5) is 14.4. The standard InChI is InChI=1S/C18H21FN2O2/c1-12(2)15-11-17(23-20-15)16-4-3-9-21(16)18(22)10-13-5-7-14(19)8-6-13/h5-8,11-12,16H,3-4,9-10H2,1-2H3/t16-/m0/s1. The Bertz CT molecular complexity index is 679. The Balaban J connectivity index is 1.72. The summed E-state index contributed by atoms with van der Waals surface area (Å²) in [6.07, 6.45) is 2.13. The van der Waals surface area contributed by atoms with Crippen molar-refractivity contribution >= 4 is 5.91 Å². The molecule has 122 valence electrons. The Morgan fingerprint density at radius 3 is 2.78 bits per heavy atom. The summed E-state index contributed by atoms with van der Waals surface area (Å²) in [6, 6.07) is 8.00. The molecule has 0 aliphatic carbocycles. The van der Waals surface area contributed by atoms with Gasteiger partial charge in [0.15, 0.2) is 5.76 Å². The Morgan fingerprint density at radius 2 is 2.13 bits per heavy atom. The van der Waals surface area contributed by atoms with E-state index in [9.17, 15) is 9.18 Å². The first-order valence-corrected chi connectivity index (χ1v) is 8.05. The van der Waals surface area contributed by atoms with Crippen molar-refractivity contribution in [3.8, 4) is 0 Å². The van der Waals surface area contributed by atoms with Crippen molar-refractivity contribution < 1.29 is 13.7 Å². The summed E-state index contributed by atoms with van der Waals surface area (Å²) < 4.78 is 18.4. The number of likely N-dealkylation sites (tertiary alicyclic amines) is 1. The third-order valence-electron chi connectivity index (χ3n) is 4.31. The van der Waals surface area contributed by atoms with Gasteiger partial charge in [-0.25, -0.2) is 4.39 Å². The largest absolute Gasteiger partial charge is 0.359 e. The van der Waals surface area contributed by atoms with Crippen LogP contribution in [0.25, 0.3) is 0 Å². The van der Waals surface area contributed by atoms with Gasteiger partial charge in [0.2, 0.25) is 5.91 Å². The molecule has 0 radical (unpaired) electrons. The highest BCUT2D eigenvalue weighted by Gasteiger charge is 2.32. The van der Waals surface area contributed by atoms with Crippen LogP contribution in [-0.2, 0) is 11.2 Å². The van der Waals surface area contributed by atoms with E-state index in [-0.39, 0.29) is 24.2 Å². The first-order chi connectivity index (χ1) is 11.0. The van der Waals surface area contributed by atoms with Crippen LogP contribution in [0.4, 0.5) is 4.39 Å². The highest BCUT2D eigenvalue weighted by Crippen LogP contribution is 2.33. The summed E-state index contributed by atoms with van der Waals surface area (Å²) in [5.74, 6) is 0.820. The molecule has 1 atom stereocenters. The SMILES string of the molecule is CC(C)c1cc([C@@H]2CCCN2C(=O)Cc2ccc(F)cc2)on1. The summed E-state index contributed by atoms with van der Waals surface area (Å²) in [5.41, 5.74) is 1.74. The Kier molecular flexibility index (Phi) is 4.46. The third-order valence-corrected chi connectivity index (χ3v) is 4.31. The second-order valence-electron chi connectivity index (χ2n) is 6.36. The van der Waals surface area contributed by atoms with Crippen molar-refractivity contribution in [1.29, 1.82) is 0 Å². The Morgan fingerprint density at radius 1 is 1.39 bits per heavy atom. The molecule has 1 aliphatic heterocycles. The predicted octanol–water partition coefficient (Wildman–Crippen LogP) is 3.84. The molecule has 4 nitrogen and oxygen atoms in total. The van der Waals surface area contributed by atoms with E-state index >= 15 is 0 Å². The minimum atomic E-state index is -0.289. The first-order valence-electron chi connectivity index (χ1n) is 8.05. The number of amides is 1. The molecule has 1 fully saturated rings. The smallest absolute Gasteiger partial charge is 0.227 e. The lowest BCUT2D eigenvalue weighted by Crippen LogP contribution is -2.31. The normalized spacial score (nSPS) is 17.9. The molecule has 3 rings (SSSR count). The van der Waals surface area contributed by atoms with Gasteiger partial charge in [-0.15, -0.1) is 0 Å². The minimum Gasteiger partial charge on any atom is -0.359 e.